The van der Waals surface area contributed by atoms with Crippen LogP contribution in [0.5, 0.6) is 0 Å². The molecule has 0 amide bonds. The summed E-state index contributed by atoms with van der Waals surface area (Å²) in [7, 11) is 3.76. The molecule has 7 nitrogen and oxygen atoms in total. The molecule has 0 aliphatic carbocycles. The first-order chi connectivity index (χ1) is 14.9. The van der Waals surface area contributed by atoms with Crippen molar-refractivity contribution in [3.05, 3.63) is 45.9 Å². The van der Waals surface area contributed by atoms with Crippen LogP contribution in [0.4, 0.5) is 5.82 Å². The Labute approximate surface area is 183 Å². The molecule has 3 aromatic rings. The van der Waals surface area contributed by atoms with E-state index < -0.39 is 0 Å². The number of fused-ring (bicyclic) bond motifs is 1. The monoisotopic (exact) mass is 424 g/mol. The van der Waals surface area contributed by atoms with E-state index >= 15 is 0 Å². The van der Waals surface area contributed by atoms with Crippen LogP contribution in [-0.2, 0) is 11.8 Å². The van der Waals surface area contributed by atoms with Gasteiger partial charge in [-0.25, -0.2) is 9.78 Å². The van der Waals surface area contributed by atoms with Crippen molar-refractivity contribution in [2.45, 2.75) is 26.7 Å². The lowest BCUT2D eigenvalue weighted by molar-refractivity contribution is 0.144. The van der Waals surface area contributed by atoms with Crippen molar-refractivity contribution in [3.63, 3.8) is 0 Å². The van der Waals surface area contributed by atoms with Gasteiger partial charge >= 0.3 is 5.63 Å². The molecule has 0 spiro atoms. The molecule has 1 fully saturated rings. The molecule has 1 aliphatic heterocycles. The highest BCUT2D eigenvalue weighted by atomic mass is 16.5. The summed E-state index contributed by atoms with van der Waals surface area (Å²) in [6.07, 6.45) is 2.00. The molecule has 166 valence electrons. The fraction of sp³-hybridized carbons (Fsp3) is 0.500. The first-order valence-electron chi connectivity index (χ1n) is 11.0. The molecule has 0 bridgehead atoms. The first-order valence-corrected chi connectivity index (χ1v) is 11.0. The third-order valence-electron chi connectivity index (χ3n) is 6.08. The third kappa shape index (κ3) is 4.25. The highest BCUT2D eigenvalue weighted by Gasteiger charge is 2.24. The van der Waals surface area contributed by atoms with Gasteiger partial charge in [0.15, 0.2) is 0 Å². The van der Waals surface area contributed by atoms with E-state index in [1.165, 1.54) is 0 Å². The van der Waals surface area contributed by atoms with Gasteiger partial charge in [-0.3, -0.25) is 4.90 Å². The highest BCUT2D eigenvalue weighted by Crippen LogP contribution is 2.32. The van der Waals surface area contributed by atoms with Crippen molar-refractivity contribution >= 4 is 16.7 Å². The molecule has 2 aromatic heterocycles. The fourth-order valence-electron chi connectivity index (χ4n) is 4.43. The lowest BCUT2D eigenvalue weighted by Crippen LogP contribution is -2.48. The molecular formula is C24H32N4O3. The number of aryl methyl sites for hydroxylation is 2. The maximum absolute atomic E-state index is 13.0. The van der Waals surface area contributed by atoms with Crippen LogP contribution in [0.25, 0.3) is 22.4 Å². The predicted octanol–water partition coefficient (Wildman–Crippen LogP) is 3.39. The molecule has 0 radical (unpaired) electrons. The van der Waals surface area contributed by atoms with Gasteiger partial charge in [0.1, 0.15) is 5.82 Å². The molecule has 0 N–H and O–H groups in total. The third-order valence-corrected chi connectivity index (χ3v) is 6.08. The zero-order valence-corrected chi connectivity index (χ0v) is 19.1. The van der Waals surface area contributed by atoms with Crippen LogP contribution < -0.4 is 10.5 Å². The van der Waals surface area contributed by atoms with Gasteiger partial charge in [0.2, 0.25) is 5.89 Å². The number of hydrogen-bond acceptors (Lipinski definition) is 6. The van der Waals surface area contributed by atoms with E-state index in [1.807, 2.05) is 32.3 Å². The Morgan fingerprint density at radius 1 is 1.19 bits per heavy atom. The number of anilines is 1. The maximum atomic E-state index is 13.0. The Hall–Kier alpha value is -2.64. The summed E-state index contributed by atoms with van der Waals surface area (Å²) in [6, 6.07) is 6.02. The van der Waals surface area contributed by atoms with Gasteiger partial charge in [-0.1, -0.05) is 19.9 Å². The summed E-state index contributed by atoms with van der Waals surface area (Å²) < 4.78 is 13.1. The average Bonchev–Trinajstić information content (AvgIpc) is 3.13. The quantitative estimate of drug-likeness (QED) is 0.604. The van der Waals surface area contributed by atoms with Crippen molar-refractivity contribution in [1.82, 2.24) is 14.5 Å². The molecule has 1 saturated heterocycles. The SMILES string of the molecule is COCCN1CCN(c2c(-c3nc4cc(C)cc(C(C)C)c4c(=O)o3)ccn2C)CC1. The van der Waals surface area contributed by atoms with Gasteiger partial charge in [0, 0.05) is 53.1 Å². The van der Waals surface area contributed by atoms with Crippen LogP contribution in [0.2, 0.25) is 0 Å². The summed E-state index contributed by atoms with van der Waals surface area (Å²) in [6.45, 7) is 11.7. The van der Waals surface area contributed by atoms with E-state index in [2.05, 4.69) is 34.3 Å². The Morgan fingerprint density at radius 3 is 2.61 bits per heavy atom. The van der Waals surface area contributed by atoms with Crippen molar-refractivity contribution < 1.29 is 9.15 Å². The second-order valence-corrected chi connectivity index (χ2v) is 8.69. The normalized spacial score (nSPS) is 15.4. The van der Waals surface area contributed by atoms with Crippen LogP contribution in [-0.4, -0.2) is 60.9 Å². The number of benzene rings is 1. The Bertz CT molecular complexity index is 1120. The fourth-order valence-corrected chi connectivity index (χ4v) is 4.43. The molecule has 0 atom stereocenters. The minimum Gasteiger partial charge on any atom is -0.403 e. The van der Waals surface area contributed by atoms with Gasteiger partial charge in [-0.2, -0.15) is 0 Å². The molecule has 0 saturated carbocycles. The van der Waals surface area contributed by atoms with Crippen molar-refractivity contribution in [2.24, 2.45) is 7.05 Å². The summed E-state index contributed by atoms with van der Waals surface area (Å²) in [4.78, 5) is 22.6. The van der Waals surface area contributed by atoms with Crippen LogP contribution >= 0.6 is 0 Å². The first kappa shape index (κ1) is 21.6. The Balaban J connectivity index is 1.71. The van der Waals surface area contributed by atoms with E-state index in [4.69, 9.17) is 14.1 Å². The topological polar surface area (TPSA) is 63.7 Å². The number of piperazine rings is 1. The van der Waals surface area contributed by atoms with Crippen molar-refractivity contribution in [1.29, 1.82) is 0 Å². The second kappa shape index (κ2) is 8.85. The molecule has 1 aliphatic rings. The minimum absolute atomic E-state index is 0.222. The molecule has 7 heteroatoms. The number of methoxy groups -OCH3 is 1. The van der Waals surface area contributed by atoms with Crippen LogP contribution in [0.15, 0.2) is 33.6 Å². The lowest BCUT2D eigenvalue weighted by Gasteiger charge is -2.36. The molecule has 4 rings (SSSR count). The zero-order chi connectivity index (χ0) is 22.1. The van der Waals surface area contributed by atoms with Gasteiger partial charge in [-0.15, -0.1) is 0 Å². The standard InChI is InChI=1S/C24H32N4O3/c1-16(2)19-14-17(3)15-20-21(19)24(29)31-22(25-20)18-6-7-26(4)23(18)28-10-8-27(9-11-28)12-13-30-5/h6-7,14-16H,8-13H2,1-5H3. The van der Waals surface area contributed by atoms with Crippen LogP contribution in [0, 0.1) is 6.92 Å². The van der Waals surface area contributed by atoms with Gasteiger partial charge in [0.25, 0.3) is 0 Å². The lowest BCUT2D eigenvalue weighted by atomic mass is 9.97. The molecule has 0 unspecified atom stereocenters. The molecular weight excluding hydrogens is 392 g/mol. The molecule has 1 aromatic carbocycles. The van der Waals surface area contributed by atoms with Crippen LogP contribution in [0.3, 0.4) is 0 Å². The zero-order valence-electron chi connectivity index (χ0n) is 19.1. The van der Waals surface area contributed by atoms with E-state index in [0.717, 1.165) is 61.8 Å². The molecule has 3 heterocycles. The van der Waals surface area contributed by atoms with Gasteiger partial charge < -0.3 is 18.6 Å². The smallest absolute Gasteiger partial charge is 0.347 e. The largest absolute Gasteiger partial charge is 0.403 e. The van der Waals surface area contributed by atoms with Crippen LogP contribution in [0.1, 0.15) is 30.9 Å². The Kier molecular flexibility index (Phi) is 6.16. The number of aromatic nitrogens is 2. The van der Waals surface area contributed by atoms with E-state index in [-0.39, 0.29) is 11.5 Å². The number of nitrogens with zero attached hydrogens (tertiary/aromatic N) is 4. The number of rotatable bonds is 6. The second-order valence-electron chi connectivity index (χ2n) is 8.69. The highest BCUT2D eigenvalue weighted by molar-refractivity contribution is 5.84. The summed E-state index contributed by atoms with van der Waals surface area (Å²) >= 11 is 0. The summed E-state index contributed by atoms with van der Waals surface area (Å²) in [5.41, 5.74) is 3.33. The maximum Gasteiger partial charge on any atom is 0.347 e. The summed E-state index contributed by atoms with van der Waals surface area (Å²) in [5, 5.41) is 0.591. The summed E-state index contributed by atoms with van der Waals surface area (Å²) in [5.74, 6) is 1.65. The minimum atomic E-state index is -0.317. The van der Waals surface area contributed by atoms with E-state index in [0.29, 0.717) is 16.8 Å². The predicted molar refractivity (Wildman–Crippen MR) is 124 cm³/mol. The molecule has 31 heavy (non-hydrogen) atoms. The van der Waals surface area contributed by atoms with Gasteiger partial charge in [-0.05, 0) is 36.1 Å². The van der Waals surface area contributed by atoms with Gasteiger partial charge in [0.05, 0.1) is 23.1 Å². The van der Waals surface area contributed by atoms with E-state index in [1.54, 1.807) is 7.11 Å². The van der Waals surface area contributed by atoms with E-state index in [9.17, 15) is 4.79 Å². The average molecular weight is 425 g/mol. The van der Waals surface area contributed by atoms with Crippen molar-refractivity contribution in [2.75, 3.05) is 51.3 Å². The van der Waals surface area contributed by atoms with Crippen molar-refractivity contribution in [3.8, 4) is 11.5 Å². The Morgan fingerprint density at radius 2 is 1.94 bits per heavy atom. The number of hydrogen-bond donors (Lipinski definition) is 0. The number of ether oxygens (including phenoxy) is 1.